The second kappa shape index (κ2) is 9.61. The number of fused-ring (bicyclic) bond motifs is 1. The minimum atomic E-state index is -0.283. The molecule has 8 nitrogen and oxygen atoms in total. The van der Waals surface area contributed by atoms with Gasteiger partial charge in [0.1, 0.15) is 11.9 Å². The third-order valence-corrected chi connectivity index (χ3v) is 6.86. The Bertz CT molecular complexity index is 994. The molecule has 0 aliphatic carbocycles. The largest absolute Gasteiger partial charge is 0.376 e. The number of carbonyl (C=O) groups excluding carboxylic acids is 2. The number of halogens is 1. The SMILES string of the molecule is O=C(NC[C@H]1CCCO1)C1CCN(C(=O)c2ncn3c2CO[C@@H](c2ccc(F)cc2)C3)CC1. The van der Waals surface area contributed by atoms with E-state index in [1.165, 1.54) is 12.1 Å². The predicted octanol–water partition coefficient (Wildman–Crippen LogP) is 2.44. The predicted molar refractivity (Wildman–Crippen MR) is 117 cm³/mol. The molecule has 2 amide bonds. The summed E-state index contributed by atoms with van der Waals surface area (Å²) in [6.07, 6.45) is 4.93. The summed E-state index contributed by atoms with van der Waals surface area (Å²) in [6.45, 7) is 3.19. The van der Waals surface area contributed by atoms with Crippen LogP contribution in [0.2, 0.25) is 0 Å². The molecular formula is C24H29FN4O4. The van der Waals surface area contributed by atoms with E-state index in [9.17, 15) is 14.0 Å². The quantitative estimate of drug-likeness (QED) is 0.747. The fourth-order valence-corrected chi connectivity index (χ4v) is 4.84. The second-order valence-corrected chi connectivity index (χ2v) is 8.99. The highest BCUT2D eigenvalue weighted by Gasteiger charge is 2.32. The standard InChI is InChI=1S/C24H29FN4O4/c25-18-5-3-16(4-6-18)21-13-29-15-27-22(20(29)14-33-21)24(31)28-9-7-17(8-10-28)23(30)26-12-19-2-1-11-32-19/h3-6,15,17,19,21H,1-2,7-14H2,(H,26,30)/t19-,21-/m1/s1. The molecule has 0 saturated carbocycles. The Morgan fingerprint density at radius 2 is 1.91 bits per heavy atom. The fraction of sp³-hybridized carbons (Fsp3) is 0.542. The summed E-state index contributed by atoms with van der Waals surface area (Å²) in [4.78, 5) is 31.8. The molecule has 0 unspecified atom stereocenters. The summed E-state index contributed by atoms with van der Waals surface area (Å²) in [5.41, 5.74) is 2.06. The Morgan fingerprint density at radius 1 is 1.12 bits per heavy atom. The van der Waals surface area contributed by atoms with Crippen molar-refractivity contribution in [2.24, 2.45) is 5.92 Å². The number of rotatable bonds is 5. The van der Waals surface area contributed by atoms with Gasteiger partial charge in [-0.1, -0.05) is 12.1 Å². The zero-order valence-electron chi connectivity index (χ0n) is 18.5. The van der Waals surface area contributed by atoms with Crippen molar-refractivity contribution < 1.29 is 23.5 Å². The van der Waals surface area contributed by atoms with Gasteiger partial charge in [0.15, 0.2) is 5.69 Å². The van der Waals surface area contributed by atoms with Crippen molar-refractivity contribution in [1.82, 2.24) is 19.8 Å². The van der Waals surface area contributed by atoms with Crippen LogP contribution in [0.1, 0.15) is 53.5 Å². The molecule has 3 aliphatic heterocycles. The molecular weight excluding hydrogens is 427 g/mol. The minimum absolute atomic E-state index is 0.0530. The minimum Gasteiger partial charge on any atom is -0.376 e. The molecule has 0 bridgehead atoms. The number of hydrogen-bond donors (Lipinski definition) is 1. The molecule has 5 rings (SSSR count). The molecule has 1 aromatic carbocycles. The van der Waals surface area contributed by atoms with Crippen molar-refractivity contribution in [3.8, 4) is 0 Å². The maximum Gasteiger partial charge on any atom is 0.274 e. The van der Waals surface area contributed by atoms with E-state index in [4.69, 9.17) is 9.47 Å². The van der Waals surface area contributed by atoms with E-state index >= 15 is 0 Å². The number of benzene rings is 1. The van der Waals surface area contributed by atoms with Crippen molar-refractivity contribution in [2.75, 3.05) is 26.2 Å². The number of nitrogens with one attached hydrogen (secondary N) is 1. The monoisotopic (exact) mass is 456 g/mol. The van der Waals surface area contributed by atoms with Crippen molar-refractivity contribution in [1.29, 1.82) is 0 Å². The number of ether oxygens (including phenoxy) is 2. The lowest BCUT2D eigenvalue weighted by molar-refractivity contribution is -0.126. The second-order valence-electron chi connectivity index (χ2n) is 8.99. The molecule has 9 heteroatoms. The van der Waals surface area contributed by atoms with Gasteiger partial charge in [-0.25, -0.2) is 9.37 Å². The van der Waals surface area contributed by atoms with Gasteiger partial charge < -0.3 is 24.3 Å². The Labute approximate surface area is 192 Å². The van der Waals surface area contributed by atoms with Crippen LogP contribution in [0.15, 0.2) is 30.6 Å². The maximum atomic E-state index is 13.2. The number of carbonyl (C=O) groups is 2. The molecule has 0 spiro atoms. The van der Waals surface area contributed by atoms with E-state index in [-0.39, 0.29) is 42.4 Å². The van der Waals surface area contributed by atoms with Crippen LogP contribution in [0.5, 0.6) is 0 Å². The highest BCUT2D eigenvalue weighted by Crippen LogP contribution is 2.29. The first kappa shape index (κ1) is 22.0. The fourth-order valence-electron chi connectivity index (χ4n) is 4.84. The van der Waals surface area contributed by atoms with Crippen molar-refractivity contribution in [3.05, 3.63) is 53.4 Å². The van der Waals surface area contributed by atoms with Gasteiger partial charge in [0, 0.05) is 32.2 Å². The first-order valence-electron chi connectivity index (χ1n) is 11.7. The third-order valence-electron chi connectivity index (χ3n) is 6.86. The summed E-state index contributed by atoms with van der Waals surface area (Å²) in [7, 11) is 0. The molecule has 2 atom stereocenters. The van der Waals surface area contributed by atoms with Crippen LogP contribution < -0.4 is 5.32 Å². The highest BCUT2D eigenvalue weighted by atomic mass is 19.1. The molecule has 4 heterocycles. The molecule has 3 aliphatic rings. The summed E-state index contributed by atoms with van der Waals surface area (Å²) < 4.78 is 26.7. The molecule has 1 aromatic heterocycles. The Balaban J connectivity index is 1.15. The number of amides is 2. The van der Waals surface area contributed by atoms with Gasteiger partial charge in [-0.3, -0.25) is 9.59 Å². The van der Waals surface area contributed by atoms with Crippen LogP contribution in [-0.2, 0) is 27.4 Å². The zero-order chi connectivity index (χ0) is 22.8. The molecule has 2 aromatic rings. The van der Waals surface area contributed by atoms with Gasteiger partial charge >= 0.3 is 0 Å². The molecule has 2 fully saturated rings. The maximum absolute atomic E-state index is 13.2. The lowest BCUT2D eigenvalue weighted by atomic mass is 9.95. The number of imidazole rings is 1. The number of aromatic nitrogens is 2. The zero-order valence-corrected chi connectivity index (χ0v) is 18.5. The Morgan fingerprint density at radius 3 is 2.64 bits per heavy atom. The van der Waals surface area contributed by atoms with Crippen LogP contribution in [0.25, 0.3) is 0 Å². The first-order chi connectivity index (χ1) is 16.1. The third kappa shape index (κ3) is 4.79. The topological polar surface area (TPSA) is 85.7 Å². The first-order valence-corrected chi connectivity index (χ1v) is 11.7. The number of nitrogens with zero attached hydrogens (tertiary/aromatic N) is 3. The number of likely N-dealkylation sites (tertiary alicyclic amines) is 1. The lowest BCUT2D eigenvalue weighted by Crippen LogP contribution is -2.44. The summed E-state index contributed by atoms with van der Waals surface area (Å²) in [5, 5.41) is 3.01. The average Bonchev–Trinajstić information content (AvgIpc) is 3.52. The van der Waals surface area contributed by atoms with E-state index in [1.807, 2.05) is 4.57 Å². The lowest BCUT2D eigenvalue weighted by Gasteiger charge is -2.32. The van der Waals surface area contributed by atoms with Gasteiger partial charge in [-0.15, -0.1) is 0 Å². The van der Waals surface area contributed by atoms with E-state index in [0.29, 0.717) is 44.7 Å². The van der Waals surface area contributed by atoms with Crippen LogP contribution >= 0.6 is 0 Å². The normalized spacial score (nSPS) is 23.4. The smallest absolute Gasteiger partial charge is 0.274 e. The van der Waals surface area contributed by atoms with Crippen LogP contribution in [0.3, 0.4) is 0 Å². The summed E-state index contributed by atoms with van der Waals surface area (Å²) in [5.74, 6) is -0.427. The van der Waals surface area contributed by atoms with Gasteiger partial charge in [0.25, 0.3) is 5.91 Å². The molecule has 176 valence electrons. The Hall–Kier alpha value is -2.78. The van der Waals surface area contributed by atoms with Crippen molar-refractivity contribution >= 4 is 11.8 Å². The van der Waals surface area contributed by atoms with Crippen molar-refractivity contribution in [3.63, 3.8) is 0 Å². The number of hydrogen-bond acceptors (Lipinski definition) is 5. The van der Waals surface area contributed by atoms with Gasteiger partial charge in [0.05, 0.1) is 31.3 Å². The van der Waals surface area contributed by atoms with Gasteiger partial charge in [0.2, 0.25) is 5.91 Å². The van der Waals surface area contributed by atoms with E-state index in [2.05, 4.69) is 10.3 Å². The molecule has 2 saturated heterocycles. The van der Waals surface area contributed by atoms with Crippen LogP contribution in [-0.4, -0.2) is 58.6 Å². The summed E-state index contributed by atoms with van der Waals surface area (Å²) in [6, 6.07) is 6.27. The number of piperidine rings is 1. The van der Waals surface area contributed by atoms with E-state index in [0.717, 1.165) is 30.7 Å². The van der Waals surface area contributed by atoms with Crippen LogP contribution in [0.4, 0.5) is 4.39 Å². The average molecular weight is 457 g/mol. The van der Waals surface area contributed by atoms with E-state index < -0.39 is 0 Å². The van der Waals surface area contributed by atoms with E-state index in [1.54, 1.807) is 23.4 Å². The molecule has 1 N–H and O–H groups in total. The summed E-state index contributed by atoms with van der Waals surface area (Å²) >= 11 is 0. The molecule has 33 heavy (non-hydrogen) atoms. The van der Waals surface area contributed by atoms with Gasteiger partial charge in [-0.2, -0.15) is 0 Å². The van der Waals surface area contributed by atoms with Crippen LogP contribution in [0, 0.1) is 11.7 Å². The Kier molecular flexibility index (Phi) is 6.41. The van der Waals surface area contributed by atoms with Crippen molar-refractivity contribution in [2.45, 2.75) is 51.0 Å². The highest BCUT2D eigenvalue weighted by molar-refractivity contribution is 5.93. The molecule has 0 radical (unpaired) electrons. The van der Waals surface area contributed by atoms with Gasteiger partial charge in [-0.05, 0) is 43.4 Å².